The number of fused-ring (bicyclic) bond motifs is 1. The molecule has 0 aliphatic carbocycles. The largest absolute Gasteiger partial charge is 0.491 e. The Morgan fingerprint density at radius 2 is 2.05 bits per heavy atom. The van der Waals surface area contributed by atoms with Gasteiger partial charge in [-0.1, -0.05) is 19.9 Å². The summed E-state index contributed by atoms with van der Waals surface area (Å²) in [5.41, 5.74) is 2.47. The third kappa shape index (κ3) is 3.09. The first-order valence-corrected chi connectivity index (χ1v) is 6.78. The van der Waals surface area contributed by atoms with E-state index >= 15 is 0 Å². The van der Waals surface area contributed by atoms with Gasteiger partial charge in [0.1, 0.15) is 6.04 Å². The van der Waals surface area contributed by atoms with E-state index in [0.29, 0.717) is 17.6 Å². The fourth-order valence-corrected chi connectivity index (χ4v) is 2.38. The first-order chi connectivity index (χ1) is 9.81. The Morgan fingerprint density at radius 1 is 1.38 bits per heavy atom. The maximum atomic E-state index is 12.3. The number of aryl methyl sites for hydroxylation is 1. The van der Waals surface area contributed by atoms with Gasteiger partial charge < -0.3 is 20.1 Å². The summed E-state index contributed by atoms with van der Waals surface area (Å²) in [6.45, 7) is 5.53. The summed E-state index contributed by atoms with van der Waals surface area (Å²) in [4.78, 5) is 23.5. The number of hydrogen-bond donors (Lipinski definition) is 3. The zero-order valence-electron chi connectivity index (χ0n) is 12.2. The molecular formula is C14H18BNO5. The van der Waals surface area contributed by atoms with Gasteiger partial charge in [0.2, 0.25) is 0 Å². The van der Waals surface area contributed by atoms with Crippen LogP contribution in [0, 0.1) is 12.8 Å². The molecule has 3 N–H and O–H groups in total. The number of rotatable bonds is 4. The highest BCUT2D eigenvalue weighted by molar-refractivity contribution is 6.61. The van der Waals surface area contributed by atoms with E-state index in [9.17, 15) is 14.6 Å². The van der Waals surface area contributed by atoms with Crippen LogP contribution in [0.4, 0.5) is 0 Å². The van der Waals surface area contributed by atoms with Gasteiger partial charge in [-0.3, -0.25) is 4.79 Å². The minimum Gasteiger partial charge on any atom is -0.480 e. The molecule has 0 saturated carbocycles. The average Bonchev–Trinajstić information content (AvgIpc) is 2.74. The van der Waals surface area contributed by atoms with Crippen molar-refractivity contribution in [1.29, 1.82) is 0 Å². The van der Waals surface area contributed by atoms with Crippen molar-refractivity contribution in [2.45, 2.75) is 33.4 Å². The van der Waals surface area contributed by atoms with Gasteiger partial charge in [0.25, 0.3) is 5.91 Å². The predicted molar refractivity (Wildman–Crippen MR) is 77.3 cm³/mol. The van der Waals surface area contributed by atoms with Crippen molar-refractivity contribution in [3.63, 3.8) is 0 Å². The number of carboxylic acid groups (broad SMARTS) is 1. The quantitative estimate of drug-likeness (QED) is 0.681. The number of amides is 1. The van der Waals surface area contributed by atoms with E-state index in [1.807, 2.05) is 0 Å². The average molecular weight is 291 g/mol. The molecule has 1 aliphatic rings. The maximum Gasteiger partial charge on any atom is 0.491 e. The Hall–Kier alpha value is -1.86. The van der Waals surface area contributed by atoms with Crippen molar-refractivity contribution in [1.82, 2.24) is 5.32 Å². The van der Waals surface area contributed by atoms with Gasteiger partial charge in [-0.2, -0.15) is 0 Å². The Morgan fingerprint density at radius 3 is 2.62 bits per heavy atom. The maximum absolute atomic E-state index is 12.3. The van der Waals surface area contributed by atoms with Crippen molar-refractivity contribution in [3.05, 3.63) is 28.8 Å². The second-order valence-corrected chi connectivity index (χ2v) is 5.56. The van der Waals surface area contributed by atoms with Gasteiger partial charge in [-0.15, -0.1) is 0 Å². The predicted octanol–water partition coefficient (Wildman–Crippen LogP) is 0.0517. The van der Waals surface area contributed by atoms with E-state index in [1.54, 1.807) is 32.9 Å². The third-order valence-corrected chi connectivity index (χ3v) is 3.61. The van der Waals surface area contributed by atoms with Crippen LogP contribution in [0.15, 0.2) is 12.1 Å². The second-order valence-electron chi connectivity index (χ2n) is 5.56. The Labute approximate surface area is 123 Å². The van der Waals surface area contributed by atoms with Gasteiger partial charge in [0.15, 0.2) is 0 Å². The first kappa shape index (κ1) is 15.5. The molecule has 0 bridgehead atoms. The number of aliphatic carboxylic acids is 1. The van der Waals surface area contributed by atoms with E-state index in [4.69, 9.17) is 9.76 Å². The zero-order valence-corrected chi connectivity index (χ0v) is 12.2. The minimum absolute atomic E-state index is 0.227. The number of carbonyl (C=O) groups is 2. The molecule has 0 unspecified atom stereocenters. The highest BCUT2D eigenvalue weighted by Crippen LogP contribution is 2.16. The lowest BCUT2D eigenvalue weighted by atomic mass is 9.78. The number of carbonyl (C=O) groups excluding carboxylic acids is 1. The van der Waals surface area contributed by atoms with Gasteiger partial charge in [-0.05, 0) is 35.5 Å². The van der Waals surface area contributed by atoms with Crippen molar-refractivity contribution in [3.8, 4) is 0 Å². The highest BCUT2D eigenvalue weighted by Gasteiger charge is 2.30. The van der Waals surface area contributed by atoms with Crippen molar-refractivity contribution in [2.24, 2.45) is 5.92 Å². The summed E-state index contributed by atoms with van der Waals surface area (Å²) in [5, 5.41) is 21.3. The number of benzene rings is 1. The molecule has 1 aromatic rings. The summed E-state index contributed by atoms with van der Waals surface area (Å²) in [7, 11) is -1.03. The van der Waals surface area contributed by atoms with Gasteiger partial charge in [0, 0.05) is 5.56 Å². The molecule has 0 spiro atoms. The van der Waals surface area contributed by atoms with Crippen molar-refractivity contribution < 1.29 is 24.4 Å². The van der Waals surface area contributed by atoms with Crippen LogP contribution in [0.25, 0.3) is 0 Å². The van der Waals surface area contributed by atoms with Crippen molar-refractivity contribution in [2.75, 3.05) is 0 Å². The number of nitrogens with one attached hydrogen (secondary N) is 1. The summed E-state index contributed by atoms with van der Waals surface area (Å²) in [6, 6.07) is 2.40. The van der Waals surface area contributed by atoms with E-state index in [-0.39, 0.29) is 5.92 Å². The summed E-state index contributed by atoms with van der Waals surface area (Å²) in [5.74, 6) is -1.76. The number of hydrogen-bond acceptors (Lipinski definition) is 4. The molecule has 0 aromatic heterocycles. The van der Waals surface area contributed by atoms with Gasteiger partial charge >= 0.3 is 13.1 Å². The zero-order chi connectivity index (χ0) is 15.7. The molecule has 1 aromatic carbocycles. The molecule has 0 radical (unpaired) electrons. The van der Waals surface area contributed by atoms with Crippen molar-refractivity contribution >= 4 is 24.5 Å². The SMILES string of the molecule is Cc1cc2c(cc1C(=O)N[C@H](C(=O)O)C(C)C)B(O)OC2. The Bertz CT molecular complexity index is 587. The molecule has 2 rings (SSSR count). The molecule has 21 heavy (non-hydrogen) atoms. The lowest BCUT2D eigenvalue weighted by Gasteiger charge is -2.19. The molecule has 7 heteroatoms. The minimum atomic E-state index is -1.07. The lowest BCUT2D eigenvalue weighted by molar-refractivity contribution is -0.140. The molecule has 1 atom stereocenters. The normalized spacial score (nSPS) is 15.0. The molecule has 112 valence electrons. The summed E-state index contributed by atoms with van der Waals surface area (Å²) >= 11 is 0. The van der Waals surface area contributed by atoms with E-state index in [1.165, 1.54) is 0 Å². The summed E-state index contributed by atoms with van der Waals surface area (Å²) < 4.78 is 5.10. The Balaban J connectivity index is 2.28. The molecule has 0 saturated heterocycles. The Kier molecular flexibility index (Phi) is 4.34. The van der Waals surface area contributed by atoms with Crippen LogP contribution in [0.2, 0.25) is 0 Å². The lowest BCUT2D eigenvalue weighted by Crippen LogP contribution is -2.44. The molecular weight excluding hydrogens is 273 g/mol. The molecule has 0 fully saturated rings. The number of carboxylic acids is 1. The van der Waals surface area contributed by atoms with Crippen LogP contribution in [0.1, 0.15) is 35.3 Å². The van der Waals surface area contributed by atoms with Crippen LogP contribution in [-0.2, 0) is 16.1 Å². The standard InChI is InChI=1S/C14H18BNO5/c1-7(2)12(14(18)19)16-13(17)10-5-11-9(4-8(10)3)6-21-15(11)20/h4-5,7,12,20H,6H2,1-3H3,(H,16,17)(H,18,19)/t12-/m0/s1. The topological polar surface area (TPSA) is 95.9 Å². The van der Waals surface area contributed by atoms with Crippen LogP contribution in [-0.4, -0.2) is 35.2 Å². The highest BCUT2D eigenvalue weighted by atomic mass is 16.5. The second kappa shape index (κ2) is 5.87. The molecule has 1 heterocycles. The van der Waals surface area contributed by atoms with Crippen LogP contribution in [0.5, 0.6) is 0 Å². The first-order valence-electron chi connectivity index (χ1n) is 6.78. The van der Waals surface area contributed by atoms with Crippen LogP contribution in [0.3, 0.4) is 0 Å². The van der Waals surface area contributed by atoms with E-state index in [0.717, 1.165) is 11.1 Å². The molecule has 6 nitrogen and oxygen atoms in total. The van der Waals surface area contributed by atoms with Gasteiger partial charge in [-0.25, -0.2) is 4.79 Å². The summed E-state index contributed by atoms with van der Waals surface area (Å²) in [6.07, 6.45) is 0. The van der Waals surface area contributed by atoms with Crippen LogP contribution >= 0.6 is 0 Å². The monoisotopic (exact) mass is 291 g/mol. The fraction of sp³-hybridized carbons (Fsp3) is 0.429. The molecule has 1 amide bonds. The fourth-order valence-electron chi connectivity index (χ4n) is 2.38. The third-order valence-electron chi connectivity index (χ3n) is 3.61. The molecule has 1 aliphatic heterocycles. The van der Waals surface area contributed by atoms with E-state index in [2.05, 4.69) is 5.32 Å². The van der Waals surface area contributed by atoms with Crippen LogP contribution < -0.4 is 10.8 Å². The van der Waals surface area contributed by atoms with Gasteiger partial charge in [0.05, 0.1) is 6.61 Å². The smallest absolute Gasteiger partial charge is 0.480 e. The van der Waals surface area contributed by atoms with E-state index < -0.39 is 25.0 Å².